The Morgan fingerprint density at radius 2 is 2.10 bits per heavy atom. The van der Waals surface area contributed by atoms with Gasteiger partial charge in [-0.15, -0.1) is 0 Å². The summed E-state index contributed by atoms with van der Waals surface area (Å²) >= 11 is 0. The van der Waals surface area contributed by atoms with Crippen LogP contribution in [0.5, 0.6) is 0 Å². The van der Waals surface area contributed by atoms with Gasteiger partial charge >= 0.3 is 0 Å². The summed E-state index contributed by atoms with van der Waals surface area (Å²) in [7, 11) is -3.56. The van der Waals surface area contributed by atoms with E-state index in [1.54, 1.807) is 18.2 Å². The van der Waals surface area contributed by atoms with Gasteiger partial charge in [0.15, 0.2) is 0 Å². The van der Waals surface area contributed by atoms with Gasteiger partial charge in [-0.2, -0.15) is 4.31 Å². The SMILES string of the molecule is CCc1ccc(N)cc1S(=O)(=O)N1CCOCC1(C)C. The molecule has 0 aliphatic carbocycles. The first-order chi connectivity index (χ1) is 9.29. The maximum atomic E-state index is 12.9. The molecule has 1 fully saturated rings. The highest BCUT2D eigenvalue weighted by atomic mass is 32.2. The standard InChI is InChI=1S/C14H22N2O3S/c1-4-11-5-6-12(15)9-13(11)20(17,18)16-7-8-19-10-14(16,2)3/h5-6,9H,4,7-8,10,15H2,1-3H3. The molecule has 2 rings (SSSR count). The summed E-state index contributed by atoms with van der Waals surface area (Å²) in [5.41, 5.74) is 6.48. The van der Waals surface area contributed by atoms with Crippen LogP contribution in [0.1, 0.15) is 26.3 Å². The van der Waals surface area contributed by atoms with Crippen LogP contribution < -0.4 is 5.73 Å². The van der Waals surface area contributed by atoms with Crippen molar-refractivity contribution in [2.45, 2.75) is 37.6 Å². The van der Waals surface area contributed by atoms with Crippen molar-refractivity contribution >= 4 is 15.7 Å². The summed E-state index contributed by atoms with van der Waals surface area (Å²) in [5, 5.41) is 0. The molecule has 1 aromatic rings. The first kappa shape index (κ1) is 15.3. The molecule has 1 aliphatic heterocycles. The fourth-order valence-electron chi connectivity index (χ4n) is 2.51. The Labute approximate surface area is 120 Å². The van der Waals surface area contributed by atoms with Crippen molar-refractivity contribution in [1.82, 2.24) is 4.31 Å². The number of hydrogen-bond acceptors (Lipinski definition) is 4. The van der Waals surface area contributed by atoms with E-state index >= 15 is 0 Å². The van der Waals surface area contributed by atoms with Crippen LogP contribution in [0.2, 0.25) is 0 Å². The molecular weight excluding hydrogens is 276 g/mol. The van der Waals surface area contributed by atoms with Crippen LogP contribution in [0.3, 0.4) is 0 Å². The normalized spacial score (nSPS) is 19.9. The van der Waals surface area contributed by atoms with Crippen LogP contribution in [-0.2, 0) is 21.2 Å². The number of anilines is 1. The molecule has 20 heavy (non-hydrogen) atoms. The molecule has 0 bridgehead atoms. The number of hydrogen-bond donors (Lipinski definition) is 1. The Morgan fingerprint density at radius 1 is 1.40 bits per heavy atom. The number of nitrogen functional groups attached to an aromatic ring is 1. The molecular formula is C14H22N2O3S. The van der Waals surface area contributed by atoms with Gasteiger partial charge in [-0.3, -0.25) is 0 Å². The van der Waals surface area contributed by atoms with Crippen LogP contribution in [0.25, 0.3) is 0 Å². The van der Waals surface area contributed by atoms with Crippen LogP contribution in [-0.4, -0.2) is 38.0 Å². The third-order valence-electron chi connectivity index (χ3n) is 3.61. The number of nitrogens with two attached hydrogens (primary N) is 1. The molecule has 0 radical (unpaired) electrons. The Hall–Kier alpha value is -1.11. The maximum absolute atomic E-state index is 12.9. The van der Waals surface area contributed by atoms with Gasteiger partial charge in [0.25, 0.3) is 0 Å². The van der Waals surface area contributed by atoms with E-state index in [-0.39, 0.29) is 0 Å². The molecule has 1 saturated heterocycles. The zero-order valence-electron chi connectivity index (χ0n) is 12.2. The number of nitrogens with zero attached hydrogens (tertiary/aromatic N) is 1. The van der Waals surface area contributed by atoms with Gasteiger partial charge in [-0.25, -0.2) is 8.42 Å². The summed E-state index contributed by atoms with van der Waals surface area (Å²) in [6.07, 6.45) is 0.652. The van der Waals surface area contributed by atoms with Crippen LogP contribution in [0, 0.1) is 0 Å². The zero-order valence-corrected chi connectivity index (χ0v) is 13.0. The predicted molar refractivity (Wildman–Crippen MR) is 79.0 cm³/mol. The van der Waals surface area contributed by atoms with Gasteiger partial charge in [-0.05, 0) is 38.0 Å². The van der Waals surface area contributed by atoms with E-state index in [1.807, 2.05) is 20.8 Å². The van der Waals surface area contributed by atoms with E-state index in [2.05, 4.69) is 0 Å². The van der Waals surface area contributed by atoms with Crippen molar-refractivity contribution in [2.24, 2.45) is 0 Å². The topological polar surface area (TPSA) is 72.6 Å². The average Bonchev–Trinajstić information content (AvgIpc) is 2.37. The molecule has 2 N–H and O–H groups in total. The molecule has 112 valence electrons. The van der Waals surface area contributed by atoms with E-state index in [9.17, 15) is 8.42 Å². The van der Waals surface area contributed by atoms with Gasteiger partial charge < -0.3 is 10.5 Å². The minimum Gasteiger partial charge on any atom is -0.399 e. The third kappa shape index (κ3) is 2.68. The lowest BCUT2D eigenvalue weighted by atomic mass is 10.1. The molecule has 0 spiro atoms. The predicted octanol–water partition coefficient (Wildman–Crippen LogP) is 1.63. The molecule has 1 heterocycles. The lowest BCUT2D eigenvalue weighted by Gasteiger charge is -2.41. The van der Waals surface area contributed by atoms with Crippen molar-refractivity contribution in [3.63, 3.8) is 0 Å². The van der Waals surface area contributed by atoms with Crippen LogP contribution in [0.4, 0.5) is 5.69 Å². The molecule has 1 aliphatic rings. The fourth-order valence-corrected chi connectivity index (χ4v) is 4.60. The minimum absolute atomic E-state index is 0.315. The van der Waals surface area contributed by atoms with Crippen molar-refractivity contribution in [3.05, 3.63) is 23.8 Å². The Morgan fingerprint density at radius 3 is 2.70 bits per heavy atom. The van der Waals surface area contributed by atoms with E-state index in [0.717, 1.165) is 5.56 Å². The summed E-state index contributed by atoms with van der Waals surface area (Å²) < 4.78 is 32.8. The second-order valence-electron chi connectivity index (χ2n) is 5.66. The van der Waals surface area contributed by atoms with E-state index < -0.39 is 15.6 Å². The zero-order chi connectivity index (χ0) is 15.0. The molecule has 0 amide bonds. The quantitative estimate of drug-likeness (QED) is 0.861. The number of benzene rings is 1. The first-order valence-corrected chi connectivity index (χ1v) is 8.22. The van der Waals surface area contributed by atoms with E-state index in [1.165, 1.54) is 4.31 Å². The second kappa shape index (κ2) is 5.35. The second-order valence-corrected chi connectivity index (χ2v) is 7.49. The monoisotopic (exact) mass is 298 g/mol. The highest BCUT2D eigenvalue weighted by Gasteiger charge is 2.40. The van der Waals surface area contributed by atoms with Crippen molar-refractivity contribution in [1.29, 1.82) is 0 Å². The van der Waals surface area contributed by atoms with Crippen molar-refractivity contribution in [3.8, 4) is 0 Å². The number of aryl methyl sites for hydroxylation is 1. The number of rotatable bonds is 3. The Kier molecular flexibility index (Phi) is 4.09. The first-order valence-electron chi connectivity index (χ1n) is 6.78. The smallest absolute Gasteiger partial charge is 0.244 e. The number of morpholine rings is 1. The lowest BCUT2D eigenvalue weighted by Crippen LogP contribution is -2.55. The lowest BCUT2D eigenvalue weighted by molar-refractivity contribution is -0.00772. The van der Waals surface area contributed by atoms with Crippen LogP contribution >= 0.6 is 0 Å². The fraction of sp³-hybridized carbons (Fsp3) is 0.571. The molecule has 0 saturated carbocycles. The molecule has 6 heteroatoms. The summed E-state index contributed by atoms with van der Waals surface area (Å²) in [4.78, 5) is 0.315. The minimum atomic E-state index is -3.56. The molecule has 0 atom stereocenters. The third-order valence-corrected chi connectivity index (χ3v) is 5.80. The number of ether oxygens (including phenoxy) is 1. The van der Waals surface area contributed by atoms with E-state index in [4.69, 9.17) is 10.5 Å². The summed E-state index contributed by atoms with van der Waals surface area (Å²) in [6, 6.07) is 5.08. The van der Waals surface area contributed by atoms with Crippen molar-refractivity contribution < 1.29 is 13.2 Å². The Balaban J connectivity index is 2.52. The van der Waals surface area contributed by atoms with Gasteiger partial charge in [0.05, 0.1) is 23.6 Å². The number of sulfonamides is 1. The van der Waals surface area contributed by atoms with Gasteiger partial charge in [-0.1, -0.05) is 13.0 Å². The molecule has 0 unspecified atom stereocenters. The molecule has 0 aromatic heterocycles. The largest absolute Gasteiger partial charge is 0.399 e. The van der Waals surface area contributed by atoms with Gasteiger partial charge in [0.2, 0.25) is 10.0 Å². The highest BCUT2D eigenvalue weighted by Crippen LogP contribution is 2.30. The average molecular weight is 298 g/mol. The highest BCUT2D eigenvalue weighted by molar-refractivity contribution is 7.89. The van der Waals surface area contributed by atoms with E-state index in [0.29, 0.717) is 36.8 Å². The molecule has 1 aromatic carbocycles. The van der Waals surface area contributed by atoms with Crippen LogP contribution in [0.15, 0.2) is 23.1 Å². The van der Waals surface area contributed by atoms with Gasteiger partial charge in [0.1, 0.15) is 0 Å². The maximum Gasteiger partial charge on any atom is 0.244 e. The molecule has 5 nitrogen and oxygen atoms in total. The van der Waals surface area contributed by atoms with Crippen molar-refractivity contribution in [2.75, 3.05) is 25.5 Å². The Bertz CT molecular complexity index is 596. The summed E-state index contributed by atoms with van der Waals surface area (Å²) in [6.45, 7) is 6.88. The van der Waals surface area contributed by atoms with Gasteiger partial charge in [0, 0.05) is 12.2 Å². The summed E-state index contributed by atoms with van der Waals surface area (Å²) in [5.74, 6) is 0.